The first-order valence-corrected chi connectivity index (χ1v) is 10.1. The zero-order chi connectivity index (χ0) is 22.5. The van der Waals surface area contributed by atoms with Gasteiger partial charge in [0.25, 0.3) is 5.56 Å². The van der Waals surface area contributed by atoms with Gasteiger partial charge in [-0.3, -0.25) is 4.79 Å². The van der Waals surface area contributed by atoms with Crippen molar-refractivity contribution in [2.45, 2.75) is 13.8 Å². The topological polar surface area (TPSA) is 132 Å². The van der Waals surface area contributed by atoms with Crippen LogP contribution in [-0.4, -0.2) is 51.2 Å². The summed E-state index contributed by atoms with van der Waals surface area (Å²) in [6.45, 7) is 4.18. The number of carbonyl (C=O) groups is 1. The smallest absolute Gasteiger partial charge is 0.344 e. The van der Waals surface area contributed by atoms with Crippen molar-refractivity contribution < 1.29 is 19.0 Å². The van der Waals surface area contributed by atoms with E-state index in [1.54, 1.807) is 13.0 Å². The number of H-pyrrole nitrogens is 2. The number of nitrogens with one attached hydrogen (secondary N) is 2. The van der Waals surface area contributed by atoms with Gasteiger partial charge in [0, 0.05) is 0 Å². The highest BCUT2D eigenvalue weighted by Crippen LogP contribution is 2.33. The third kappa shape index (κ3) is 4.43. The molecule has 0 aliphatic carbocycles. The molecule has 10 heteroatoms. The van der Waals surface area contributed by atoms with Crippen molar-refractivity contribution in [3.8, 4) is 34.0 Å². The number of aromatic nitrogens is 5. The molecule has 0 amide bonds. The number of hydrogen-bond acceptors (Lipinski definition) is 8. The molecule has 2 N–H and O–H groups in total. The highest BCUT2D eigenvalue weighted by Gasteiger charge is 2.15. The molecule has 0 unspecified atom stereocenters. The predicted molar refractivity (Wildman–Crippen MR) is 116 cm³/mol. The molecule has 0 aliphatic rings. The van der Waals surface area contributed by atoms with Crippen LogP contribution in [-0.2, 0) is 9.53 Å². The number of hydrogen-bond donors (Lipinski definition) is 2. The minimum atomic E-state index is -0.425. The van der Waals surface area contributed by atoms with Gasteiger partial charge >= 0.3 is 5.97 Å². The third-order valence-electron chi connectivity index (χ3n) is 4.56. The molecule has 2 aromatic heterocycles. The summed E-state index contributed by atoms with van der Waals surface area (Å²) >= 11 is 0. The van der Waals surface area contributed by atoms with Crippen molar-refractivity contribution in [1.29, 1.82) is 0 Å². The fourth-order valence-electron chi connectivity index (χ4n) is 3.17. The van der Waals surface area contributed by atoms with Gasteiger partial charge in [0.15, 0.2) is 12.1 Å². The average Bonchev–Trinajstić information content (AvgIpc) is 3.28. The molecule has 0 saturated carbocycles. The molecule has 2 heterocycles. The molecule has 0 saturated heterocycles. The van der Waals surface area contributed by atoms with Gasteiger partial charge in [-0.25, -0.2) is 9.78 Å². The molecule has 164 valence electrons. The fourth-order valence-corrected chi connectivity index (χ4v) is 3.17. The lowest BCUT2D eigenvalue weighted by atomic mass is 10.0. The standard InChI is InChI=1S/C22H21N5O5/c1-3-30-17-11-14(13-6-5-7-15(10-13)32-12-18(28)31-4-2)8-9-16(17)20-23-21-19(22(29)24-20)25-27-26-21/h5-11H,3-4,12H2,1-2H3,(H2,23,24,25,26,27,29). The molecule has 32 heavy (non-hydrogen) atoms. The van der Waals surface area contributed by atoms with E-state index in [4.69, 9.17) is 14.2 Å². The molecular formula is C22H21N5O5. The summed E-state index contributed by atoms with van der Waals surface area (Å²) in [5.41, 5.74) is 2.32. The molecule has 0 aliphatic heterocycles. The normalized spacial score (nSPS) is 10.8. The maximum Gasteiger partial charge on any atom is 0.344 e. The second-order valence-corrected chi connectivity index (χ2v) is 6.68. The number of carbonyl (C=O) groups excluding carboxylic acids is 1. The van der Waals surface area contributed by atoms with Gasteiger partial charge in [-0.1, -0.05) is 18.2 Å². The number of esters is 1. The second-order valence-electron chi connectivity index (χ2n) is 6.68. The molecule has 0 spiro atoms. The van der Waals surface area contributed by atoms with Crippen LogP contribution in [0.25, 0.3) is 33.7 Å². The Balaban J connectivity index is 1.66. The van der Waals surface area contributed by atoms with E-state index >= 15 is 0 Å². The van der Waals surface area contributed by atoms with Gasteiger partial charge in [0.05, 0.1) is 18.8 Å². The molecule has 0 bridgehead atoms. The summed E-state index contributed by atoms with van der Waals surface area (Å²) in [7, 11) is 0. The molecule has 4 aromatic rings. The number of fused-ring (bicyclic) bond motifs is 1. The summed E-state index contributed by atoms with van der Waals surface area (Å²) in [5.74, 6) is 0.998. The Morgan fingerprint density at radius 3 is 2.66 bits per heavy atom. The second kappa shape index (κ2) is 9.29. The van der Waals surface area contributed by atoms with Crippen LogP contribution in [0.4, 0.5) is 0 Å². The van der Waals surface area contributed by atoms with Gasteiger partial charge in [0.2, 0.25) is 5.65 Å². The first-order chi connectivity index (χ1) is 15.6. The summed E-state index contributed by atoms with van der Waals surface area (Å²) in [4.78, 5) is 30.9. The number of benzene rings is 2. The van der Waals surface area contributed by atoms with Gasteiger partial charge in [0.1, 0.15) is 17.3 Å². The van der Waals surface area contributed by atoms with Crippen LogP contribution < -0.4 is 15.0 Å². The number of aromatic amines is 2. The predicted octanol–water partition coefficient (Wildman–Crippen LogP) is 2.72. The minimum Gasteiger partial charge on any atom is -0.493 e. The molecular weight excluding hydrogens is 414 g/mol. The quantitative estimate of drug-likeness (QED) is 0.404. The molecule has 0 atom stereocenters. The van der Waals surface area contributed by atoms with E-state index in [-0.39, 0.29) is 17.8 Å². The van der Waals surface area contributed by atoms with Crippen molar-refractivity contribution in [2.24, 2.45) is 0 Å². The molecule has 10 nitrogen and oxygen atoms in total. The summed E-state index contributed by atoms with van der Waals surface area (Å²) in [5, 5.41) is 10.1. The first kappa shape index (κ1) is 21.0. The Morgan fingerprint density at radius 2 is 1.84 bits per heavy atom. The van der Waals surface area contributed by atoms with E-state index in [9.17, 15) is 9.59 Å². The number of rotatable bonds is 8. The van der Waals surface area contributed by atoms with Crippen LogP contribution >= 0.6 is 0 Å². The number of ether oxygens (including phenoxy) is 3. The average molecular weight is 435 g/mol. The molecule has 4 rings (SSSR count). The third-order valence-corrected chi connectivity index (χ3v) is 4.56. The number of nitrogens with zero attached hydrogens (tertiary/aromatic N) is 3. The van der Waals surface area contributed by atoms with Crippen LogP contribution in [0.15, 0.2) is 47.3 Å². The Hall–Kier alpha value is -4.21. The van der Waals surface area contributed by atoms with Crippen molar-refractivity contribution in [2.75, 3.05) is 19.8 Å². The van der Waals surface area contributed by atoms with Crippen LogP contribution in [0.3, 0.4) is 0 Å². The Morgan fingerprint density at radius 1 is 1.00 bits per heavy atom. The highest BCUT2D eigenvalue weighted by atomic mass is 16.6. The van der Waals surface area contributed by atoms with E-state index in [2.05, 4.69) is 25.4 Å². The Bertz CT molecular complexity index is 1310. The maximum atomic E-state index is 12.3. The Labute approximate surface area is 182 Å². The molecule has 2 aromatic carbocycles. The van der Waals surface area contributed by atoms with Gasteiger partial charge in [-0.15, -0.1) is 10.2 Å². The maximum absolute atomic E-state index is 12.3. The lowest BCUT2D eigenvalue weighted by Crippen LogP contribution is -2.14. The zero-order valence-corrected chi connectivity index (χ0v) is 17.5. The van der Waals surface area contributed by atoms with E-state index < -0.39 is 11.5 Å². The summed E-state index contributed by atoms with van der Waals surface area (Å²) in [6.07, 6.45) is 0. The minimum absolute atomic E-state index is 0.142. The van der Waals surface area contributed by atoms with E-state index in [1.807, 2.05) is 43.3 Å². The lowest BCUT2D eigenvalue weighted by Gasteiger charge is -2.13. The van der Waals surface area contributed by atoms with Gasteiger partial charge in [-0.05, 0) is 49.2 Å². The summed E-state index contributed by atoms with van der Waals surface area (Å²) < 4.78 is 16.2. The Kier molecular flexibility index (Phi) is 6.11. The molecule has 0 fully saturated rings. The summed E-state index contributed by atoms with van der Waals surface area (Å²) in [6, 6.07) is 12.9. The SMILES string of the molecule is CCOC(=O)COc1cccc(-c2ccc(-c3nc4n[nH]nc4c(=O)[nH]3)c(OCC)c2)c1. The molecule has 0 radical (unpaired) electrons. The fraction of sp³-hybridized carbons (Fsp3) is 0.227. The van der Waals surface area contributed by atoms with Crippen LogP contribution in [0, 0.1) is 0 Å². The first-order valence-electron chi connectivity index (χ1n) is 10.1. The van der Waals surface area contributed by atoms with E-state index in [0.717, 1.165) is 11.1 Å². The highest BCUT2D eigenvalue weighted by molar-refractivity contribution is 5.77. The van der Waals surface area contributed by atoms with Crippen LogP contribution in [0.5, 0.6) is 11.5 Å². The monoisotopic (exact) mass is 435 g/mol. The van der Waals surface area contributed by atoms with Gasteiger partial charge in [-0.2, -0.15) is 5.21 Å². The van der Waals surface area contributed by atoms with Crippen molar-refractivity contribution >= 4 is 17.1 Å². The largest absolute Gasteiger partial charge is 0.493 e. The van der Waals surface area contributed by atoms with Crippen LogP contribution in [0.1, 0.15) is 13.8 Å². The zero-order valence-electron chi connectivity index (χ0n) is 17.5. The van der Waals surface area contributed by atoms with Crippen molar-refractivity contribution in [1.82, 2.24) is 25.4 Å². The van der Waals surface area contributed by atoms with E-state index in [0.29, 0.717) is 36.1 Å². The van der Waals surface area contributed by atoms with Gasteiger partial charge < -0.3 is 19.2 Å². The van der Waals surface area contributed by atoms with Crippen molar-refractivity contribution in [3.63, 3.8) is 0 Å². The van der Waals surface area contributed by atoms with E-state index in [1.165, 1.54) is 0 Å². The van der Waals surface area contributed by atoms with Crippen molar-refractivity contribution in [3.05, 3.63) is 52.8 Å². The van der Waals surface area contributed by atoms with Crippen LogP contribution in [0.2, 0.25) is 0 Å². The lowest BCUT2D eigenvalue weighted by molar-refractivity contribution is -0.145.